The first-order valence-corrected chi connectivity index (χ1v) is 18.8. The Morgan fingerprint density at radius 3 is 1.22 bits per heavy atom. The van der Waals surface area contributed by atoms with Gasteiger partial charge in [-0.3, -0.25) is 9.59 Å². The molecule has 2 aliphatic rings. The predicted molar refractivity (Wildman–Crippen MR) is 178 cm³/mol. The summed E-state index contributed by atoms with van der Waals surface area (Å²) >= 11 is 0. The van der Waals surface area contributed by atoms with Gasteiger partial charge in [0.15, 0.2) is 34.9 Å². The highest BCUT2D eigenvalue weighted by atomic mass is 19.3. The van der Waals surface area contributed by atoms with E-state index in [0.717, 1.165) is 32.1 Å². The van der Waals surface area contributed by atoms with E-state index in [1.807, 2.05) is 0 Å². The number of rotatable bonds is 19. The number of esters is 2. The Morgan fingerprint density at radius 1 is 0.582 bits per heavy atom. The van der Waals surface area contributed by atoms with E-state index in [4.69, 9.17) is 9.47 Å². The van der Waals surface area contributed by atoms with Crippen LogP contribution in [-0.4, -0.2) is 36.4 Å². The van der Waals surface area contributed by atoms with Gasteiger partial charge < -0.3 is 18.9 Å². The molecule has 55 heavy (non-hydrogen) atoms. The van der Waals surface area contributed by atoms with Crippen LogP contribution in [0.2, 0.25) is 0 Å². The number of carbonyl (C=O) groups excluding carboxylic acids is 2. The summed E-state index contributed by atoms with van der Waals surface area (Å²) in [5.74, 6) is -14.9. The summed E-state index contributed by atoms with van der Waals surface area (Å²) in [5, 5.41) is 0. The molecule has 0 unspecified atom stereocenters. The van der Waals surface area contributed by atoms with E-state index in [1.165, 1.54) is 0 Å². The van der Waals surface area contributed by atoms with Gasteiger partial charge in [0.1, 0.15) is 23.7 Å². The van der Waals surface area contributed by atoms with Gasteiger partial charge in [-0.25, -0.2) is 26.3 Å². The summed E-state index contributed by atoms with van der Waals surface area (Å²) in [7, 11) is 0. The van der Waals surface area contributed by atoms with Crippen molar-refractivity contribution >= 4 is 11.9 Å². The van der Waals surface area contributed by atoms with Crippen LogP contribution in [0.4, 0.5) is 43.9 Å². The maximum Gasteiger partial charge on any atom is 0.400 e. The van der Waals surface area contributed by atoms with Crippen LogP contribution in [0.25, 0.3) is 0 Å². The Balaban J connectivity index is 1.04. The monoisotopic (exact) mass is 800 g/mol. The third-order valence-corrected chi connectivity index (χ3v) is 10.4. The normalized spacial score (nSPS) is 21.1. The highest BCUT2D eigenvalue weighted by Crippen LogP contribution is 2.41. The minimum atomic E-state index is -3.77. The summed E-state index contributed by atoms with van der Waals surface area (Å²) in [6.45, 7) is 2.05. The topological polar surface area (TPSA) is 71.1 Å². The van der Waals surface area contributed by atoms with Crippen molar-refractivity contribution in [3.63, 3.8) is 0 Å². The van der Waals surface area contributed by atoms with E-state index in [-0.39, 0.29) is 64.2 Å². The molecule has 0 aromatic heterocycles. The first kappa shape index (κ1) is 44.0. The van der Waals surface area contributed by atoms with Gasteiger partial charge in [-0.05, 0) is 70.1 Å². The molecular weight excluding hydrogens is 754 g/mol. The molecule has 308 valence electrons. The van der Waals surface area contributed by atoms with Crippen molar-refractivity contribution in [2.24, 2.45) is 17.8 Å². The summed E-state index contributed by atoms with van der Waals surface area (Å²) in [4.78, 5) is 24.8. The zero-order valence-corrected chi connectivity index (χ0v) is 30.4. The van der Waals surface area contributed by atoms with E-state index in [1.54, 1.807) is 0 Å². The van der Waals surface area contributed by atoms with Crippen LogP contribution in [0.5, 0.6) is 11.5 Å². The molecule has 2 saturated carbocycles. The van der Waals surface area contributed by atoms with Gasteiger partial charge in [-0.2, -0.15) is 17.6 Å². The van der Waals surface area contributed by atoms with Crippen molar-refractivity contribution in [1.29, 1.82) is 0 Å². The molecule has 0 atom stereocenters. The molecule has 2 aromatic carbocycles. The molecule has 2 fully saturated rings. The number of unbranched alkanes of at least 4 members (excludes halogenated alkanes) is 2. The van der Waals surface area contributed by atoms with Crippen molar-refractivity contribution in [1.82, 2.24) is 0 Å². The Hall–Kier alpha value is -3.72. The molecule has 0 amide bonds. The molecule has 2 aromatic rings. The van der Waals surface area contributed by atoms with E-state index in [2.05, 4.69) is 16.4 Å². The van der Waals surface area contributed by atoms with Gasteiger partial charge in [0.2, 0.25) is 0 Å². The number of ether oxygens (including phenoxy) is 4. The molecule has 2 aliphatic carbocycles. The summed E-state index contributed by atoms with van der Waals surface area (Å²) in [6, 6.07) is 1.42. The van der Waals surface area contributed by atoms with Crippen molar-refractivity contribution in [2.45, 2.75) is 141 Å². The van der Waals surface area contributed by atoms with Gasteiger partial charge >= 0.3 is 24.2 Å². The number of alkyl halides is 4. The first-order valence-electron chi connectivity index (χ1n) is 18.8. The average Bonchev–Trinajstić information content (AvgIpc) is 3.12. The second-order valence-corrected chi connectivity index (χ2v) is 14.4. The van der Waals surface area contributed by atoms with Gasteiger partial charge in [0, 0.05) is 37.1 Å². The van der Waals surface area contributed by atoms with E-state index < -0.39 is 94.6 Å². The Morgan fingerprint density at radius 2 is 0.909 bits per heavy atom. The number of carbonyl (C=O) groups is 2. The lowest BCUT2D eigenvalue weighted by Gasteiger charge is -2.33. The van der Waals surface area contributed by atoms with Crippen LogP contribution in [0, 0.1) is 52.7 Å². The van der Waals surface area contributed by atoms with Crippen molar-refractivity contribution in [2.75, 3.05) is 0 Å². The van der Waals surface area contributed by atoms with Crippen LogP contribution < -0.4 is 9.47 Å². The maximum absolute atomic E-state index is 14.6. The van der Waals surface area contributed by atoms with Crippen molar-refractivity contribution in [3.8, 4) is 11.5 Å². The van der Waals surface area contributed by atoms with E-state index in [0.29, 0.717) is 43.0 Å². The van der Waals surface area contributed by atoms with Crippen molar-refractivity contribution in [3.05, 3.63) is 59.2 Å². The number of hydrogen-bond acceptors (Lipinski definition) is 6. The van der Waals surface area contributed by atoms with Crippen molar-refractivity contribution < 1.29 is 72.4 Å². The van der Waals surface area contributed by atoms with Crippen LogP contribution in [0.15, 0.2) is 24.3 Å². The fourth-order valence-electron chi connectivity index (χ4n) is 7.14. The largest absolute Gasteiger partial charge is 0.462 e. The quantitative estimate of drug-likeness (QED) is 0.0610. The zero-order valence-electron chi connectivity index (χ0n) is 30.4. The summed E-state index contributed by atoms with van der Waals surface area (Å²) in [5.41, 5.74) is 0. The highest BCUT2D eigenvalue weighted by molar-refractivity contribution is 5.69. The summed E-state index contributed by atoms with van der Waals surface area (Å²) in [6.07, 6.45) is -2.51. The fraction of sp³-hybridized carbons (Fsp3) is 0.641. The molecule has 0 radical (unpaired) electrons. The predicted octanol–water partition coefficient (Wildman–Crippen LogP) is 11.5. The molecule has 0 saturated heterocycles. The third-order valence-electron chi connectivity index (χ3n) is 10.4. The second kappa shape index (κ2) is 19.9. The minimum absolute atomic E-state index is 0.0535. The van der Waals surface area contributed by atoms with Gasteiger partial charge in [0.25, 0.3) is 0 Å². The first-order chi connectivity index (χ1) is 26.0. The number of halogens is 10. The lowest BCUT2D eigenvalue weighted by molar-refractivity contribution is -0.226. The number of benzene rings is 2. The fourth-order valence-corrected chi connectivity index (χ4v) is 7.14. The number of hydrogen-bond donors (Lipinski definition) is 0. The Kier molecular flexibility index (Phi) is 15.9. The molecule has 0 bridgehead atoms. The van der Waals surface area contributed by atoms with Crippen LogP contribution >= 0.6 is 0 Å². The maximum atomic E-state index is 14.6. The Labute approximate surface area is 313 Å². The molecule has 6 nitrogen and oxygen atoms in total. The van der Waals surface area contributed by atoms with Gasteiger partial charge in [-0.15, -0.1) is 0 Å². The Bertz CT molecular complexity index is 1410. The highest BCUT2D eigenvalue weighted by Gasteiger charge is 2.46. The van der Waals surface area contributed by atoms with Crippen LogP contribution in [0.3, 0.4) is 0 Å². The SMILES string of the molecule is CCC(CCCCC(=O)OC1CCC(C(F)(F)Oc2cc(F)c(F)c(F)c2)CC1)CCCCC(=O)OC1CCC(C(F)(F)Oc2cc(F)c(F)c(F)c2)CC1. The van der Waals surface area contributed by atoms with E-state index in [9.17, 15) is 53.5 Å². The molecule has 0 heterocycles. The van der Waals surface area contributed by atoms with Gasteiger partial charge in [-0.1, -0.05) is 39.0 Å². The molecular formula is C39H46F10O6. The minimum Gasteiger partial charge on any atom is -0.462 e. The molecule has 0 spiro atoms. The molecule has 0 aliphatic heterocycles. The third kappa shape index (κ3) is 13.2. The van der Waals surface area contributed by atoms with E-state index >= 15 is 0 Å². The summed E-state index contributed by atoms with van der Waals surface area (Å²) < 4.78 is 158. The zero-order chi connectivity index (χ0) is 40.3. The van der Waals surface area contributed by atoms with Gasteiger partial charge in [0.05, 0.1) is 11.8 Å². The smallest absolute Gasteiger partial charge is 0.400 e. The lowest BCUT2D eigenvalue weighted by atomic mass is 9.86. The average molecular weight is 801 g/mol. The standard InChI is InChI=1S/C39H46F10O6/c1-2-23(7-3-5-9-34(50)52-26-15-11-24(12-16-26)38(46,47)54-28-19-30(40)36(44)31(41)20-28)8-4-6-10-35(51)53-27-17-13-25(14-18-27)39(48,49)55-29-21-32(42)37(45)33(43)22-29/h19-27H,2-18H2,1H3. The van der Waals surface area contributed by atoms with Crippen LogP contribution in [-0.2, 0) is 19.1 Å². The molecule has 0 N–H and O–H groups in total. The molecule has 16 heteroatoms. The lowest BCUT2D eigenvalue weighted by Crippen LogP contribution is -2.38. The van der Waals surface area contributed by atoms with Crippen LogP contribution in [0.1, 0.15) is 116 Å². The second-order valence-electron chi connectivity index (χ2n) is 14.4. The molecule has 4 rings (SSSR count).